The summed E-state index contributed by atoms with van der Waals surface area (Å²) in [6.07, 6.45) is 2.08. The highest BCUT2D eigenvalue weighted by molar-refractivity contribution is 7.98. The Bertz CT molecular complexity index is 913. The first-order valence-electron chi connectivity index (χ1n) is 9.67. The van der Waals surface area contributed by atoms with Crippen molar-refractivity contribution in [3.05, 3.63) is 81.8 Å². The molecule has 1 saturated heterocycles. The zero-order valence-electron chi connectivity index (χ0n) is 16.0. The van der Waals surface area contributed by atoms with Crippen LogP contribution in [0.25, 0.3) is 0 Å². The number of hydrogen-bond acceptors (Lipinski definition) is 4. The van der Waals surface area contributed by atoms with Crippen LogP contribution in [-0.2, 0) is 5.75 Å². The number of aromatic nitrogens is 1. The van der Waals surface area contributed by atoms with Gasteiger partial charge in [0, 0.05) is 34.7 Å². The number of carbonyl (C=O) groups is 1. The lowest BCUT2D eigenvalue weighted by Crippen LogP contribution is -2.37. The molecular formula is C23H24N2OS2. The molecule has 3 aromatic rings. The number of benzene rings is 2. The van der Waals surface area contributed by atoms with E-state index in [1.54, 1.807) is 23.1 Å². The minimum absolute atomic E-state index is 0.151. The fourth-order valence-corrected chi connectivity index (χ4v) is 5.16. The molecule has 1 aliphatic heterocycles. The van der Waals surface area contributed by atoms with Crippen LogP contribution in [0.5, 0.6) is 0 Å². The molecule has 2 heterocycles. The van der Waals surface area contributed by atoms with Gasteiger partial charge in [0.1, 0.15) is 0 Å². The van der Waals surface area contributed by atoms with Gasteiger partial charge in [0.25, 0.3) is 5.91 Å². The van der Waals surface area contributed by atoms with Crippen LogP contribution < -0.4 is 0 Å². The number of carbonyl (C=O) groups excluding carboxylic acids is 1. The monoisotopic (exact) mass is 408 g/mol. The van der Waals surface area contributed by atoms with Crippen molar-refractivity contribution in [2.75, 3.05) is 13.1 Å². The zero-order valence-corrected chi connectivity index (χ0v) is 17.6. The van der Waals surface area contributed by atoms with Gasteiger partial charge < -0.3 is 4.90 Å². The van der Waals surface area contributed by atoms with Crippen molar-refractivity contribution in [2.24, 2.45) is 0 Å². The van der Waals surface area contributed by atoms with Crippen molar-refractivity contribution >= 4 is 29.0 Å². The smallest absolute Gasteiger partial charge is 0.253 e. The number of thiazole rings is 1. The molecule has 0 atom stereocenters. The Hall–Kier alpha value is -2.11. The van der Waals surface area contributed by atoms with Crippen molar-refractivity contribution in [1.29, 1.82) is 0 Å². The molecule has 1 amide bonds. The summed E-state index contributed by atoms with van der Waals surface area (Å²) in [6, 6.07) is 18.7. The minimum atomic E-state index is 0.151. The topological polar surface area (TPSA) is 33.2 Å². The van der Waals surface area contributed by atoms with E-state index in [0.717, 1.165) is 47.9 Å². The Labute approximate surface area is 174 Å². The highest BCUT2D eigenvalue weighted by atomic mass is 32.2. The first-order valence-corrected chi connectivity index (χ1v) is 11.5. The predicted octanol–water partition coefficient (Wildman–Crippen LogP) is 5.76. The number of rotatable bonds is 5. The first-order chi connectivity index (χ1) is 13.7. The summed E-state index contributed by atoms with van der Waals surface area (Å²) < 4.78 is 0. The zero-order chi connectivity index (χ0) is 19.3. The van der Waals surface area contributed by atoms with Gasteiger partial charge in [-0.15, -0.1) is 23.1 Å². The van der Waals surface area contributed by atoms with Crippen LogP contribution in [0.2, 0.25) is 0 Å². The molecule has 0 radical (unpaired) electrons. The number of nitrogens with zero attached hydrogens (tertiary/aromatic N) is 2. The molecule has 0 spiro atoms. The van der Waals surface area contributed by atoms with Gasteiger partial charge in [-0.2, -0.15) is 0 Å². The van der Waals surface area contributed by atoms with E-state index in [1.807, 2.05) is 36.1 Å². The second-order valence-electron chi connectivity index (χ2n) is 7.15. The summed E-state index contributed by atoms with van der Waals surface area (Å²) in [6.45, 7) is 3.69. The molecule has 28 heavy (non-hydrogen) atoms. The molecular weight excluding hydrogens is 384 g/mol. The summed E-state index contributed by atoms with van der Waals surface area (Å²) >= 11 is 3.45. The van der Waals surface area contributed by atoms with E-state index < -0.39 is 0 Å². The maximum atomic E-state index is 12.8. The summed E-state index contributed by atoms with van der Waals surface area (Å²) in [4.78, 5) is 20.5. The van der Waals surface area contributed by atoms with Crippen molar-refractivity contribution in [3.8, 4) is 0 Å². The number of thioether (sulfide) groups is 1. The van der Waals surface area contributed by atoms with Crippen molar-refractivity contribution < 1.29 is 4.79 Å². The number of likely N-dealkylation sites (tertiary alicyclic amines) is 1. The molecule has 0 N–H and O–H groups in total. The molecule has 1 aromatic heterocycles. The van der Waals surface area contributed by atoms with E-state index in [0.29, 0.717) is 5.92 Å². The van der Waals surface area contributed by atoms with Crippen LogP contribution in [0, 0.1) is 6.92 Å². The molecule has 0 unspecified atom stereocenters. The van der Waals surface area contributed by atoms with Crippen LogP contribution in [0.15, 0.2) is 64.9 Å². The molecule has 0 saturated carbocycles. The van der Waals surface area contributed by atoms with Crippen LogP contribution in [0.3, 0.4) is 0 Å². The Kier molecular flexibility index (Phi) is 6.13. The molecule has 0 bridgehead atoms. The number of piperidine rings is 1. The van der Waals surface area contributed by atoms with Gasteiger partial charge in [-0.25, -0.2) is 4.98 Å². The Morgan fingerprint density at radius 3 is 2.46 bits per heavy atom. The van der Waals surface area contributed by atoms with Crippen LogP contribution in [0.4, 0.5) is 0 Å². The predicted molar refractivity (Wildman–Crippen MR) is 117 cm³/mol. The molecule has 4 rings (SSSR count). The average Bonchev–Trinajstić information content (AvgIpc) is 3.18. The standard InChI is InChI=1S/C23H24N2OS2/c1-17-24-21(15-27-17)16-28-22-9-7-20(8-10-22)23(26)25-13-11-19(12-14-25)18-5-3-2-4-6-18/h2-10,15,19H,11-14,16H2,1H3. The maximum Gasteiger partial charge on any atom is 0.253 e. The van der Waals surface area contributed by atoms with Gasteiger partial charge in [-0.05, 0) is 55.5 Å². The third kappa shape index (κ3) is 4.65. The van der Waals surface area contributed by atoms with Crippen molar-refractivity contribution in [1.82, 2.24) is 9.88 Å². The fourth-order valence-electron chi connectivity index (χ4n) is 3.65. The van der Waals surface area contributed by atoms with Crippen molar-refractivity contribution in [2.45, 2.75) is 36.3 Å². The molecule has 1 fully saturated rings. The van der Waals surface area contributed by atoms with Crippen molar-refractivity contribution in [3.63, 3.8) is 0 Å². The fraction of sp³-hybridized carbons (Fsp3) is 0.304. The van der Waals surface area contributed by atoms with Crippen LogP contribution in [-0.4, -0.2) is 28.9 Å². The molecule has 1 aliphatic rings. The number of hydrogen-bond donors (Lipinski definition) is 0. The van der Waals surface area contributed by atoms with Gasteiger partial charge in [-0.3, -0.25) is 4.79 Å². The summed E-state index contributed by atoms with van der Waals surface area (Å²) in [5.41, 5.74) is 3.30. The Morgan fingerprint density at radius 2 is 1.82 bits per heavy atom. The van der Waals surface area contributed by atoms with Gasteiger partial charge in [0.2, 0.25) is 0 Å². The second kappa shape index (κ2) is 8.93. The SMILES string of the molecule is Cc1nc(CSc2ccc(C(=O)N3CCC(c4ccccc4)CC3)cc2)cs1. The highest BCUT2D eigenvalue weighted by Crippen LogP contribution is 2.29. The quantitative estimate of drug-likeness (QED) is 0.503. The summed E-state index contributed by atoms with van der Waals surface area (Å²) in [7, 11) is 0. The average molecular weight is 409 g/mol. The molecule has 0 aliphatic carbocycles. The number of amides is 1. The Morgan fingerprint density at radius 1 is 1.11 bits per heavy atom. The summed E-state index contributed by atoms with van der Waals surface area (Å²) in [5.74, 6) is 1.58. The van der Waals surface area contributed by atoms with E-state index in [2.05, 4.69) is 40.7 Å². The summed E-state index contributed by atoms with van der Waals surface area (Å²) in [5, 5.41) is 3.21. The maximum absolute atomic E-state index is 12.8. The molecule has 5 heteroatoms. The van der Waals surface area contributed by atoms with E-state index in [9.17, 15) is 4.79 Å². The van der Waals surface area contributed by atoms with E-state index >= 15 is 0 Å². The van der Waals surface area contributed by atoms with E-state index in [-0.39, 0.29) is 5.91 Å². The first kappa shape index (κ1) is 19.2. The third-order valence-corrected chi connectivity index (χ3v) is 7.08. The van der Waals surface area contributed by atoms with Gasteiger partial charge >= 0.3 is 0 Å². The number of aryl methyl sites for hydroxylation is 1. The molecule has 144 valence electrons. The Balaban J connectivity index is 1.31. The largest absolute Gasteiger partial charge is 0.339 e. The van der Waals surface area contributed by atoms with Gasteiger partial charge in [-0.1, -0.05) is 30.3 Å². The molecule has 2 aromatic carbocycles. The van der Waals surface area contributed by atoms with Crippen LogP contribution >= 0.6 is 23.1 Å². The minimum Gasteiger partial charge on any atom is -0.339 e. The lowest BCUT2D eigenvalue weighted by atomic mass is 9.89. The van der Waals surface area contributed by atoms with E-state index in [4.69, 9.17) is 0 Å². The normalized spacial score (nSPS) is 15.0. The van der Waals surface area contributed by atoms with Gasteiger partial charge in [0.05, 0.1) is 10.7 Å². The lowest BCUT2D eigenvalue weighted by Gasteiger charge is -2.32. The van der Waals surface area contributed by atoms with Crippen LogP contribution in [0.1, 0.15) is 45.4 Å². The second-order valence-corrected chi connectivity index (χ2v) is 9.26. The van der Waals surface area contributed by atoms with Gasteiger partial charge in [0.15, 0.2) is 0 Å². The van der Waals surface area contributed by atoms with E-state index in [1.165, 1.54) is 10.5 Å². The third-order valence-electron chi connectivity index (χ3n) is 5.21. The lowest BCUT2D eigenvalue weighted by molar-refractivity contribution is 0.0713. The molecule has 3 nitrogen and oxygen atoms in total. The highest BCUT2D eigenvalue weighted by Gasteiger charge is 2.24.